The highest BCUT2D eigenvalue weighted by molar-refractivity contribution is 5.82. The zero-order valence-corrected chi connectivity index (χ0v) is 10.3. The van der Waals surface area contributed by atoms with Crippen molar-refractivity contribution in [3.63, 3.8) is 0 Å². The minimum absolute atomic E-state index is 0.0665. The molecule has 3 nitrogen and oxygen atoms in total. The average molecular weight is 222 g/mol. The predicted molar refractivity (Wildman–Crippen MR) is 65.1 cm³/mol. The lowest BCUT2D eigenvalue weighted by Crippen LogP contribution is -2.45. The van der Waals surface area contributed by atoms with Crippen LogP contribution in [0, 0.1) is 11.8 Å². The highest BCUT2D eigenvalue weighted by Gasteiger charge is 2.43. The molecule has 90 valence electrons. The Kier molecular flexibility index (Phi) is 3.33. The van der Waals surface area contributed by atoms with E-state index in [0.29, 0.717) is 12.5 Å². The Balaban J connectivity index is 1.96. The molecule has 0 aromatic carbocycles. The summed E-state index contributed by atoms with van der Waals surface area (Å²) >= 11 is 0. The molecule has 3 heteroatoms. The summed E-state index contributed by atoms with van der Waals surface area (Å²) in [7, 11) is 1.88. The molecule has 16 heavy (non-hydrogen) atoms. The van der Waals surface area contributed by atoms with E-state index in [1.54, 1.807) is 4.90 Å². The first kappa shape index (κ1) is 11.6. The van der Waals surface area contributed by atoms with Crippen LogP contribution in [0.2, 0.25) is 0 Å². The molecule has 1 N–H and O–H groups in total. The molecule has 1 saturated heterocycles. The van der Waals surface area contributed by atoms with Gasteiger partial charge in [-0.05, 0) is 38.1 Å². The van der Waals surface area contributed by atoms with Crippen molar-refractivity contribution < 1.29 is 4.79 Å². The summed E-state index contributed by atoms with van der Waals surface area (Å²) in [5.41, 5.74) is 1.04. The van der Waals surface area contributed by atoms with Gasteiger partial charge in [0.15, 0.2) is 0 Å². The van der Waals surface area contributed by atoms with Gasteiger partial charge in [0.1, 0.15) is 0 Å². The molecule has 3 unspecified atom stereocenters. The highest BCUT2D eigenvalue weighted by Crippen LogP contribution is 2.38. The molecule has 0 spiro atoms. The van der Waals surface area contributed by atoms with Crippen molar-refractivity contribution >= 4 is 5.91 Å². The predicted octanol–water partition coefficient (Wildman–Crippen LogP) is 1.41. The summed E-state index contributed by atoms with van der Waals surface area (Å²) < 4.78 is 0. The molecule has 0 aromatic heterocycles. The minimum atomic E-state index is 0.0665. The van der Waals surface area contributed by atoms with E-state index < -0.39 is 0 Å². The number of likely N-dealkylation sites (N-methyl/N-ethyl adjacent to an activating group) is 1. The van der Waals surface area contributed by atoms with Gasteiger partial charge in [-0.2, -0.15) is 0 Å². The minimum Gasteiger partial charge on any atom is -0.340 e. The third-order valence-electron chi connectivity index (χ3n) is 3.90. The fourth-order valence-corrected chi connectivity index (χ4v) is 3.18. The third kappa shape index (κ3) is 2.14. The van der Waals surface area contributed by atoms with Crippen LogP contribution in [-0.4, -0.2) is 37.0 Å². The first-order valence-corrected chi connectivity index (χ1v) is 6.22. The Morgan fingerprint density at radius 2 is 2.25 bits per heavy atom. The Morgan fingerprint density at radius 3 is 2.94 bits per heavy atom. The van der Waals surface area contributed by atoms with Crippen LogP contribution in [0.25, 0.3) is 0 Å². The van der Waals surface area contributed by atoms with Gasteiger partial charge in [-0.1, -0.05) is 18.6 Å². The van der Waals surface area contributed by atoms with Gasteiger partial charge >= 0.3 is 0 Å². The molecule has 0 aromatic rings. The van der Waals surface area contributed by atoms with E-state index >= 15 is 0 Å². The summed E-state index contributed by atoms with van der Waals surface area (Å²) in [5, 5.41) is 3.39. The Morgan fingerprint density at radius 1 is 1.50 bits per heavy atom. The largest absolute Gasteiger partial charge is 0.340 e. The van der Waals surface area contributed by atoms with Crippen LogP contribution in [0.3, 0.4) is 0 Å². The van der Waals surface area contributed by atoms with Gasteiger partial charge < -0.3 is 10.2 Å². The van der Waals surface area contributed by atoms with E-state index in [2.05, 4.69) is 11.9 Å². The molecule has 1 aliphatic carbocycles. The van der Waals surface area contributed by atoms with Gasteiger partial charge in [0.05, 0.1) is 6.04 Å². The maximum absolute atomic E-state index is 12.2. The number of nitrogens with zero attached hydrogens (tertiary/aromatic N) is 1. The van der Waals surface area contributed by atoms with Crippen molar-refractivity contribution in [3.05, 3.63) is 12.2 Å². The third-order valence-corrected chi connectivity index (χ3v) is 3.90. The van der Waals surface area contributed by atoms with E-state index in [1.165, 1.54) is 19.3 Å². The quantitative estimate of drug-likeness (QED) is 0.732. The van der Waals surface area contributed by atoms with E-state index in [0.717, 1.165) is 18.0 Å². The molecule has 2 fully saturated rings. The zero-order valence-electron chi connectivity index (χ0n) is 10.3. The summed E-state index contributed by atoms with van der Waals surface area (Å²) in [6.45, 7) is 7.52. The van der Waals surface area contributed by atoms with Crippen molar-refractivity contribution in [2.24, 2.45) is 11.8 Å². The summed E-state index contributed by atoms with van der Waals surface area (Å²) in [6, 6.07) is 0.0665. The molecule has 1 aliphatic heterocycles. The van der Waals surface area contributed by atoms with Gasteiger partial charge in [-0.15, -0.1) is 0 Å². The molecular formula is C13H22N2O. The topological polar surface area (TPSA) is 32.3 Å². The summed E-state index contributed by atoms with van der Waals surface area (Å²) in [5.74, 6) is 1.57. The molecule has 1 amide bonds. The molecule has 2 aliphatic rings. The van der Waals surface area contributed by atoms with Gasteiger partial charge in [0.2, 0.25) is 5.91 Å². The Hall–Kier alpha value is -0.830. The van der Waals surface area contributed by atoms with Crippen molar-refractivity contribution in [2.45, 2.75) is 32.2 Å². The van der Waals surface area contributed by atoms with Gasteiger partial charge in [0, 0.05) is 13.6 Å². The molecule has 1 saturated carbocycles. The summed E-state index contributed by atoms with van der Waals surface area (Å²) in [4.78, 5) is 14.1. The number of fused-ring (bicyclic) bond motifs is 1. The van der Waals surface area contributed by atoms with E-state index in [9.17, 15) is 4.79 Å². The lowest BCUT2D eigenvalue weighted by molar-refractivity contribution is -0.132. The van der Waals surface area contributed by atoms with Crippen LogP contribution in [0.4, 0.5) is 0 Å². The number of nitrogens with one attached hydrogen (secondary N) is 1. The van der Waals surface area contributed by atoms with Crippen molar-refractivity contribution in [1.82, 2.24) is 10.2 Å². The number of carbonyl (C=O) groups is 1. The van der Waals surface area contributed by atoms with Crippen LogP contribution in [0.5, 0.6) is 0 Å². The number of hydrogen-bond acceptors (Lipinski definition) is 2. The van der Waals surface area contributed by atoms with Crippen LogP contribution in [0.1, 0.15) is 26.2 Å². The second kappa shape index (κ2) is 4.58. The van der Waals surface area contributed by atoms with Crippen molar-refractivity contribution in [1.29, 1.82) is 0 Å². The van der Waals surface area contributed by atoms with Crippen molar-refractivity contribution in [2.75, 3.05) is 20.1 Å². The fourth-order valence-electron chi connectivity index (χ4n) is 3.18. The van der Waals surface area contributed by atoms with Crippen molar-refractivity contribution in [3.8, 4) is 0 Å². The van der Waals surface area contributed by atoms with E-state index in [1.807, 2.05) is 14.0 Å². The standard InChI is InChI=1S/C13H22N2O/c1-9(2)8-15(3)13(16)12-11-6-4-5-10(11)7-14-12/h10-12,14H,1,4-8H2,2-3H3. The Labute approximate surface area is 97.9 Å². The maximum atomic E-state index is 12.2. The molecule has 2 rings (SSSR count). The Bertz CT molecular complexity index is 300. The number of amides is 1. The average Bonchev–Trinajstić information content (AvgIpc) is 2.75. The SMILES string of the molecule is C=C(C)CN(C)C(=O)C1NCC2CCCC21. The van der Waals surface area contributed by atoms with Gasteiger partial charge in [0.25, 0.3) is 0 Å². The van der Waals surface area contributed by atoms with E-state index in [4.69, 9.17) is 0 Å². The number of carbonyl (C=O) groups excluding carboxylic acids is 1. The molecule has 0 bridgehead atoms. The smallest absolute Gasteiger partial charge is 0.240 e. The maximum Gasteiger partial charge on any atom is 0.240 e. The van der Waals surface area contributed by atoms with Crippen LogP contribution < -0.4 is 5.32 Å². The lowest BCUT2D eigenvalue weighted by atomic mass is 9.93. The van der Waals surface area contributed by atoms with E-state index in [-0.39, 0.29) is 11.9 Å². The van der Waals surface area contributed by atoms with Gasteiger partial charge in [-0.3, -0.25) is 4.79 Å². The highest BCUT2D eigenvalue weighted by atomic mass is 16.2. The fraction of sp³-hybridized carbons (Fsp3) is 0.769. The van der Waals surface area contributed by atoms with Gasteiger partial charge in [-0.25, -0.2) is 0 Å². The molecule has 0 radical (unpaired) electrons. The normalized spacial score (nSPS) is 32.5. The second-order valence-electron chi connectivity index (χ2n) is 5.39. The number of rotatable bonds is 3. The first-order valence-electron chi connectivity index (χ1n) is 6.22. The monoisotopic (exact) mass is 222 g/mol. The van der Waals surface area contributed by atoms with Crippen LogP contribution >= 0.6 is 0 Å². The molecule has 3 atom stereocenters. The first-order chi connectivity index (χ1) is 7.59. The number of hydrogen-bond donors (Lipinski definition) is 1. The zero-order chi connectivity index (χ0) is 11.7. The van der Waals surface area contributed by atoms with Crippen LogP contribution in [-0.2, 0) is 4.79 Å². The lowest BCUT2D eigenvalue weighted by Gasteiger charge is -2.24. The molecule has 1 heterocycles. The molecular weight excluding hydrogens is 200 g/mol. The van der Waals surface area contributed by atoms with Crippen LogP contribution in [0.15, 0.2) is 12.2 Å². The summed E-state index contributed by atoms with van der Waals surface area (Å²) in [6.07, 6.45) is 3.81. The second-order valence-corrected chi connectivity index (χ2v) is 5.39.